The molecule has 20 heavy (non-hydrogen) atoms. The Hall–Kier alpha value is -1.88. The van der Waals surface area contributed by atoms with Gasteiger partial charge in [-0.05, 0) is 24.6 Å². The number of nitrogens with one attached hydrogen (secondary N) is 1. The van der Waals surface area contributed by atoms with E-state index in [-0.39, 0.29) is 5.91 Å². The number of nitrogens with zero attached hydrogens (tertiary/aromatic N) is 2. The molecule has 0 spiro atoms. The van der Waals surface area contributed by atoms with Crippen LogP contribution >= 0.6 is 0 Å². The fourth-order valence-electron chi connectivity index (χ4n) is 2.23. The lowest BCUT2D eigenvalue weighted by molar-refractivity contribution is 0.0948. The SMILES string of the molecule is CCc1nc2cc(C(=O)NCCCOC)ccc2n1C. The summed E-state index contributed by atoms with van der Waals surface area (Å²) in [4.78, 5) is 16.6. The number of benzene rings is 1. The molecule has 0 unspecified atom stereocenters. The van der Waals surface area contributed by atoms with Gasteiger partial charge in [0.2, 0.25) is 0 Å². The molecule has 108 valence electrons. The molecule has 1 N–H and O–H groups in total. The minimum Gasteiger partial charge on any atom is -0.385 e. The van der Waals surface area contributed by atoms with Crippen LogP contribution in [0.4, 0.5) is 0 Å². The highest BCUT2D eigenvalue weighted by Gasteiger charge is 2.10. The largest absolute Gasteiger partial charge is 0.385 e. The van der Waals surface area contributed by atoms with Crippen molar-refractivity contribution in [2.75, 3.05) is 20.3 Å². The van der Waals surface area contributed by atoms with Crippen LogP contribution in [-0.4, -0.2) is 35.7 Å². The van der Waals surface area contributed by atoms with Gasteiger partial charge >= 0.3 is 0 Å². The summed E-state index contributed by atoms with van der Waals surface area (Å²) in [6.07, 6.45) is 1.69. The number of rotatable bonds is 6. The first-order chi connectivity index (χ1) is 9.67. The number of aromatic nitrogens is 2. The molecule has 1 aromatic heterocycles. The molecule has 0 radical (unpaired) electrons. The van der Waals surface area contributed by atoms with Crippen LogP contribution in [0.25, 0.3) is 11.0 Å². The van der Waals surface area contributed by atoms with Crippen LogP contribution in [-0.2, 0) is 18.2 Å². The second-order valence-electron chi connectivity index (χ2n) is 4.75. The molecule has 0 saturated carbocycles. The third-order valence-corrected chi connectivity index (χ3v) is 3.36. The summed E-state index contributed by atoms with van der Waals surface area (Å²) in [5.41, 5.74) is 2.57. The minimum absolute atomic E-state index is 0.0632. The van der Waals surface area contributed by atoms with Gasteiger partial charge in [-0.15, -0.1) is 0 Å². The van der Waals surface area contributed by atoms with Gasteiger partial charge in [0.25, 0.3) is 5.91 Å². The van der Waals surface area contributed by atoms with Crippen LogP contribution in [0.3, 0.4) is 0 Å². The lowest BCUT2D eigenvalue weighted by atomic mass is 10.2. The minimum atomic E-state index is -0.0632. The quantitative estimate of drug-likeness (QED) is 0.819. The van der Waals surface area contributed by atoms with Gasteiger partial charge in [0, 0.05) is 39.3 Å². The van der Waals surface area contributed by atoms with Crippen molar-refractivity contribution in [3.05, 3.63) is 29.6 Å². The summed E-state index contributed by atoms with van der Waals surface area (Å²) < 4.78 is 7.02. The third-order valence-electron chi connectivity index (χ3n) is 3.36. The van der Waals surface area contributed by atoms with Gasteiger partial charge in [0.05, 0.1) is 11.0 Å². The van der Waals surface area contributed by atoms with Gasteiger partial charge < -0.3 is 14.6 Å². The Morgan fingerprint density at radius 3 is 2.95 bits per heavy atom. The van der Waals surface area contributed by atoms with Crippen molar-refractivity contribution in [3.8, 4) is 0 Å². The molecule has 0 fully saturated rings. The van der Waals surface area contributed by atoms with Crippen molar-refractivity contribution in [3.63, 3.8) is 0 Å². The fourth-order valence-corrected chi connectivity index (χ4v) is 2.23. The van der Waals surface area contributed by atoms with Gasteiger partial charge in [-0.25, -0.2) is 4.98 Å². The van der Waals surface area contributed by atoms with Crippen molar-refractivity contribution >= 4 is 16.9 Å². The van der Waals surface area contributed by atoms with E-state index in [4.69, 9.17) is 4.74 Å². The Labute approximate surface area is 118 Å². The van der Waals surface area contributed by atoms with Crippen LogP contribution in [0, 0.1) is 0 Å². The zero-order valence-corrected chi connectivity index (χ0v) is 12.3. The van der Waals surface area contributed by atoms with Gasteiger partial charge in [-0.2, -0.15) is 0 Å². The van der Waals surface area contributed by atoms with Crippen LogP contribution in [0.5, 0.6) is 0 Å². The van der Waals surface area contributed by atoms with Crippen LogP contribution in [0.1, 0.15) is 29.5 Å². The molecule has 1 heterocycles. The Morgan fingerprint density at radius 1 is 1.45 bits per heavy atom. The molecular weight excluding hydrogens is 254 g/mol. The molecule has 1 amide bonds. The van der Waals surface area contributed by atoms with E-state index in [9.17, 15) is 4.79 Å². The Kier molecular flexibility index (Phi) is 4.74. The van der Waals surface area contributed by atoms with Crippen LogP contribution in [0.15, 0.2) is 18.2 Å². The normalized spacial score (nSPS) is 10.9. The van der Waals surface area contributed by atoms with Gasteiger partial charge in [-0.3, -0.25) is 4.79 Å². The first-order valence-electron chi connectivity index (χ1n) is 6.89. The van der Waals surface area contributed by atoms with Gasteiger partial charge in [0.15, 0.2) is 0 Å². The summed E-state index contributed by atoms with van der Waals surface area (Å²) in [7, 11) is 3.65. The summed E-state index contributed by atoms with van der Waals surface area (Å²) in [5.74, 6) is 0.962. The topological polar surface area (TPSA) is 56.1 Å². The predicted molar refractivity (Wildman–Crippen MR) is 78.9 cm³/mol. The van der Waals surface area contributed by atoms with Crippen LogP contribution < -0.4 is 5.32 Å². The Balaban J connectivity index is 2.13. The number of carbonyl (C=O) groups excluding carboxylic acids is 1. The van der Waals surface area contributed by atoms with Crippen molar-refractivity contribution in [1.82, 2.24) is 14.9 Å². The predicted octanol–water partition coefficient (Wildman–Crippen LogP) is 1.90. The summed E-state index contributed by atoms with van der Waals surface area (Å²) in [5, 5.41) is 2.88. The molecule has 0 saturated heterocycles. The van der Waals surface area contributed by atoms with E-state index >= 15 is 0 Å². The first-order valence-corrected chi connectivity index (χ1v) is 6.89. The second-order valence-corrected chi connectivity index (χ2v) is 4.75. The number of aryl methyl sites for hydroxylation is 2. The van der Waals surface area contributed by atoms with Gasteiger partial charge in [0.1, 0.15) is 5.82 Å². The molecule has 0 aliphatic rings. The number of methoxy groups -OCH3 is 1. The summed E-state index contributed by atoms with van der Waals surface area (Å²) in [6, 6.07) is 5.64. The maximum atomic E-state index is 12.0. The number of imidazole rings is 1. The van der Waals surface area contributed by atoms with Crippen molar-refractivity contribution in [1.29, 1.82) is 0 Å². The highest BCUT2D eigenvalue weighted by molar-refractivity contribution is 5.97. The Morgan fingerprint density at radius 2 is 2.25 bits per heavy atom. The second kappa shape index (κ2) is 6.52. The summed E-state index contributed by atoms with van der Waals surface area (Å²) in [6.45, 7) is 3.34. The molecule has 0 bridgehead atoms. The average Bonchev–Trinajstić information content (AvgIpc) is 2.79. The maximum absolute atomic E-state index is 12.0. The van der Waals surface area contributed by atoms with E-state index in [0.29, 0.717) is 18.7 Å². The number of carbonyl (C=O) groups is 1. The van der Waals surface area contributed by atoms with Crippen molar-refractivity contribution in [2.24, 2.45) is 7.05 Å². The van der Waals surface area contributed by atoms with E-state index in [1.807, 2.05) is 25.2 Å². The fraction of sp³-hybridized carbons (Fsp3) is 0.467. The number of hydrogen-bond donors (Lipinski definition) is 1. The molecule has 0 atom stereocenters. The zero-order chi connectivity index (χ0) is 14.5. The molecule has 2 rings (SSSR count). The maximum Gasteiger partial charge on any atom is 0.251 e. The lowest BCUT2D eigenvalue weighted by Crippen LogP contribution is -2.25. The standard InChI is InChI=1S/C15H21N3O2/c1-4-14-17-12-10-11(6-7-13(12)18(14)2)15(19)16-8-5-9-20-3/h6-7,10H,4-5,8-9H2,1-3H3,(H,16,19). The number of hydrogen-bond acceptors (Lipinski definition) is 3. The molecule has 1 aromatic carbocycles. The third kappa shape index (κ3) is 2.99. The van der Waals surface area contributed by atoms with E-state index in [1.54, 1.807) is 7.11 Å². The van der Waals surface area contributed by atoms with E-state index in [0.717, 1.165) is 29.7 Å². The summed E-state index contributed by atoms with van der Waals surface area (Å²) >= 11 is 0. The smallest absolute Gasteiger partial charge is 0.251 e. The van der Waals surface area contributed by atoms with E-state index in [1.165, 1.54) is 0 Å². The molecule has 5 heteroatoms. The average molecular weight is 275 g/mol. The van der Waals surface area contributed by atoms with E-state index in [2.05, 4.69) is 21.8 Å². The highest BCUT2D eigenvalue weighted by atomic mass is 16.5. The monoisotopic (exact) mass is 275 g/mol. The van der Waals surface area contributed by atoms with Gasteiger partial charge in [-0.1, -0.05) is 6.92 Å². The zero-order valence-electron chi connectivity index (χ0n) is 12.3. The first kappa shape index (κ1) is 14.5. The highest BCUT2D eigenvalue weighted by Crippen LogP contribution is 2.17. The van der Waals surface area contributed by atoms with Crippen molar-refractivity contribution < 1.29 is 9.53 Å². The number of ether oxygens (including phenoxy) is 1. The lowest BCUT2D eigenvalue weighted by Gasteiger charge is -2.05. The number of amides is 1. The molecule has 5 nitrogen and oxygen atoms in total. The Bertz CT molecular complexity index is 604. The number of fused-ring (bicyclic) bond motifs is 1. The molecule has 0 aliphatic heterocycles. The molecular formula is C15H21N3O2. The van der Waals surface area contributed by atoms with E-state index < -0.39 is 0 Å². The van der Waals surface area contributed by atoms with Crippen LogP contribution in [0.2, 0.25) is 0 Å². The molecule has 2 aromatic rings. The molecule has 0 aliphatic carbocycles. The van der Waals surface area contributed by atoms with Crippen molar-refractivity contribution in [2.45, 2.75) is 19.8 Å².